The van der Waals surface area contributed by atoms with Gasteiger partial charge in [-0.1, -0.05) is 23.7 Å². The van der Waals surface area contributed by atoms with E-state index in [1.165, 1.54) is 6.07 Å². The minimum atomic E-state index is -0.445. The van der Waals surface area contributed by atoms with E-state index >= 15 is 0 Å². The van der Waals surface area contributed by atoms with Crippen LogP contribution in [0.5, 0.6) is 0 Å². The van der Waals surface area contributed by atoms with E-state index in [0.29, 0.717) is 10.6 Å². The SMILES string of the molecule is Fc1ccc(F)c(Cn2ccc3cccc(Cl)c32)c1. The molecule has 0 atom stereocenters. The van der Waals surface area contributed by atoms with Gasteiger partial charge in [0.15, 0.2) is 0 Å². The Kier molecular flexibility index (Phi) is 2.99. The van der Waals surface area contributed by atoms with Gasteiger partial charge in [-0.25, -0.2) is 8.78 Å². The highest BCUT2D eigenvalue weighted by molar-refractivity contribution is 6.35. The molecular formula is C15H10ClF2N. The van der Waals surface area contributed by atoms with E-state index < -0.39 is 11.6 Å². The number of hydrogen-bond acceptors (Lipinski definition) is 0. The van der Waals surface area contributed by atoms with Gasteiger partial charge in [0.1, 0.15) is 11.6 Å². The van der Waals surface area contributed by atoms with E-state index in [2.05, 4.69) is 0 Å². The van der Waals surface area contributed by atoms with Crippen molar-refractivity contribution in [3.63, 3.8) is 0 Å². The van der Waals surface area contributed by atoms with Crippen LogP contribution in [0.2, 0.25) is 5.02 Å². The predicted molar refractivity (Wildman–Crippen MR) is 72.4 cm³/mol. The molecule has 0 radical (unpaired) electrons. The van der Waals surface area contributed by atoms with Gasteiger partial charge < -0.3 is 4.57 Å². The van der Waals surface area contributed by atoms with Crippen LogP contribution in [-0.4, -0.2) is 4.57 Å². The van der Waals surface area contributed by atoms with Crippen molar-refractivity contribution < 1.29 is 8.78 Å². The first-order valence-corrected chi connectivity index (χ1v) is 6.20. The molecule has 1 aromatic heterocycles. The first kappa shape index (κ1) is 12.2. The van der Waals surface area contributed by atoms with E-state index in [1.54, 1.807) is 6.07 Å². The van der Waals surface area contributed by atoms with E-state index in [1.807, 2.05) is 29.0 Å². The maximum atomic E-state index is 13.6. The summed E-state index contributed by atoms with van der Waals surface area (Å²) in [6.07, 6.45) is 1.82. The maximum Gasteiger partial charge on any atom is 0.128 e. The van der Waals surface area contributed by atoms with Gasteiger partial charge in [-0.05, 0) is 30.3 Å². The van der Waals surface area contributed by atoms with Crippen LogP contribution in [0.15, 0.2) is 48.7 Å². The zero-order valence-electron chi connectivity index (χ0n) is 9.91. The molecule has 2 aromatic carbocycles. The molecule has 0 bridgehead atoms. The average molecular weight is 278 g/mol. The molecule has 1 nitrogen and oxygen atoms in total. The van der Waals surface area contributed by atoms with Crippen molar-refractivity contribution in [3.8, 4) is 0 Å². The standard InChI is InChI=1S/C15H10ClF2N/c16-13-3-1-2-10-6-7-19(15(10)13)9-11-8-12(17)4-5-14(11)18/h1-8H,9H2. The molecule has 0 N–H and O–H groups in total. The second-order valence-electron chi connectivity index (χ2n) is 4.36. The van der Waals surface area contributed by atoms with Crippen molar-refractivity contribution >= 4 is 22.5 Å². The quantitative estimate of drug-likeness (QED) is 0.644. The first-order valence-electron chi connectivity index (χ1n) is 5.82. The van der Waals surface area contributed by atoms with E-state index in [4.69, 9.17) is 11.6 Å². The maximum absolute atomic E-state index is 13.6. The van der Waals surface area contributed by atoms with Gasteiger partial charge in [-0.3, -0.25) is 0 Å². The fraction of sp³-hybridized carbons (Fsp3) is 0.0667. The van der Waals surface area contributed by atoms with Crippen LogP contribution in [-0.2, 0) is 6.54 Å². The van der Waals surface area contributed by atoms with Crippen molar-refractivity contribution in [3.05, 3.63) is 70.9 Å². The molecule has 96 valence electrons. The predicted octanol–water partition coefficient (Wildman–Crippen LogP) is 4.62. The average Bonchev–Trinajstić information content (AvgIpc) is 2.79. The Balaban J connectivity index is 2.08. The van der Waals surface area contributed by atoms with Crippen molar-refractivity contribution in [2.24, 2.45) is 0 Å². The summed E-state index contributed by atoms with van der Waals surface area (Å²) in [4.78, 5) is 0. The van der Waals surface area contributed by atoms with Crippen LogP contribution in [0.4, 0.5) is 8.78 Å². The van der Waals surface area contributed by atoms with Crippen molar-refractivity contribution in [1.29, 1.82) is 0 Å². The summed E-state index contributed by atoms with van der Waals surface area (Å²) in [6.45, 7) is 0.247. The smallest absolute Gasteiger partial charge is 0.128 e. The third kappa shape index (κ3) is 2.22. The number of hydrogen-bond donors (Lipinski definition) is 0. The molecule has 19 heavy (non-hydrogen) atoms. The lowest BCUT2D eigenvalue weighted by molar-refractivity contribution is 0.579. The monoisotopic (exact) mass is 277 g/mol. The Morgan fingerprint density at radius 2 is 1.89 bits per heavy atom. The molecule has 3 rings (SSSR count). The fourth-order valence-electron chi connectivity index (χ4n) is 2.19. The zero-order chi connectivity index (χ0) is 13.4. The number of fused-ring (bicyclic) bond motifs is 1. The third-order valence-electron chi connectivity index (χ3n) is 3.09. The second kappa shape index (κ2) is 4.67. The van der Waals surface area contributed by atoms with Crippen LogP contribution in [0.25, 0.3) is 10.9 Å². The summed E-state index contributed by atoms with van der Waals surface area (Å²) in [5, 5.41) is 1.57. The largest absolute Gasteiger partial charge is 0.342 e. The second-order valence-corrected chi connectivity index (χ2v) is 4.76. The summed E-state index contributed by atoms with van der Waals surface area (Å²) >= 11 is 6.15. The minimum absolute atomic E-state index is 0.247. The lowest BCUT2D eigenvalue weighted by atomic mass is 10.2. The van der Waals surface area contributed by atoms with E-state index in [0.717, 1.165) is 23.0 Å². The Morgan fingerprint density at radius 1 is 1.05 bits per heavy atom. The number of nitrogens with zero attached hydrogens (tertiary/aromatic N) is 1. The normalized spacial score (nSPS) is 11.1. The molecule has 4 heteroatoms. The Bertz CT molecular complexity index is 749. The van der Waals surface area contributed by atoms with Gasteiger partial charge in [0, 0.05) is 17.1 Å². The summed E-state index contributed by atoms with van der Waals surface area (Å²) in [5.41, 5.74) is 1.13. The number of benzene rings is 2. The van der Waals surface area contributed by atoms with Gasteiger partial charge in [0.2, 0.25) is 0 Å². The molecule has 3 aromatic rings. The van der Waals surface area contributed by atoms with Crippen LogP contribution < -0.4 is 0 Å². The molecule has 0 unspecified atom stereocenters. The summed E-state index contributed by atoms with van der Waals surface area (Å²) < 4.78 is 28.6. The highest BCUT2D eigenvalue weighted by atomic mass is 35.5. The molecular weight excluding hydrogens is 268 g/mol. The first-order chi connectivity index (χ1) is 9.15. The molecule has 0 aliphatic heterocycles. The van der Waals surface area contributed by atoms with Gasteiger partial charge in [-0.15, -0.1) is 0 Å². The van der Waals surface area contributed by atoms with Crippen LogP contribution >= 0.6 is 11.6 Å². The Labute approximate surface area is 114 Å². The number of rotatable bonds is 2. The summed E-state index contributed by atoms with van der Waals surface area (Å²) in [6, 6.07) is 10.9. The summed E-state index contributed by atoms with van der Waals surface area (Å²) in [7, 11) is 0. The molecule has 0 fully saturated rings. The lowest BCUT2D eigenvalue weighted by Crippen LogP contribution is -2.01. The molecule has 1 heterocycles. The molecule has 0 amide bonds. The van der Waals surface area contributed by atoms with Crippen molar-refractivity contribution in [2.75, 3.05) is 0 Å². The topological polar surface area (TPSA) is 4.93 Å². The number of aromatic nitrogens is 1. The van der Waals surface area contributed by atoms with E-state index in [9.17, 15) is 8.78 Å². The summed E-state index contributed by atoms with van der Waals surface area (Å²) in [5.74, 6) is -0.866. The van der Waals surface area contributed by atoms with Gasteiger partial charge >= 0.3 is 0 Å². The van der Waals surface area contributed by atoms with Crippen molar-refractivity contribution in [2.45, 2.75) is 6.54 Å². The van der Waals surface area contributed by atoms with Gasteiger partial charge in [0.05, 0.1) is 17.1 Å². The highest BCUT2D eigenvalue weighted by Crippen LogP contribution is 2.25. The van der Waals surface area contributed by atoms with Crippen molar-refractivity contribution in [1.82, 2.24) is 4.57 Å². The molecule has 0 aliphatic carbocycles. The number of halogens is 3. The molecule has 0 spiro atoms. The molecule has 0 aliphatic rings. The van der Waals surface area contributed by atoms with Crippen LogP contribution in [0.1, 0.15) is 5.56 Å². The fourth-order valence-corrected chi connectivity index (χ4v) is 2.48. The molecule has 0 saturated carbocycles. The third-order valence-corrected chi connectivity index (χ3v) is 3.39. The minimum Gasteiger partial charge on any atom is -0.342 e. The lowest BCUT2D eigenvalue weighted by Gasteiger charge is -2.08. The van der Waals surface area contributed by atoms with Crippen LogP contribution in [0, 0.1) is 11.6 Å². The zero-order valence-corrected chi connectivity index (χ0v) is 10.7. The highest BCUT2D eigenvalue weighted by Gasteiger charge is 2.09. The van der Waals surface area contributed by atoms with E-state index in [-0.39, 0.29) is 6.54 Å². The van der Waals surface area contributed by atoms with Gasteiger partial charge in [-0.2, -0.15) is 0 Å². The Hall–Kier alpha value is -1.87. The van der Waals surface area contributed by atoms with Gasteiger partial charge in [0.25, 0.3) is 0 Å². The number of para-hydroxylation sites is 1. The molecule has 0 saturated heterocycles. The van der Waals surface area contributed by atoms with Crippen LogP contribution in [0.3, 0.4) is 0 Å². The Morgan fingerprint density at radius 3 is 2.74 bits per heavy atom.